The largest absolute Gasteiger partial charge is 0.491 e. The van der Waals surface area contributed by atoms with Crippen molar-refractivity contribution in [3.63, 3.8) is 0 Å². The molecule has 0 bridgehead atoms. The molecule has 1 aromatic carbocycles. The lowest BCUT2D eigenvalue weighted by Crippen LogP contribution is -2.29. The quantitative estimate of drug-likeness (QED) is 0.712. The zero-order chi connectivity index (χ0) is 12.3. The number of halogens is 1. The number of hydrogen-bond acceptors (Lipinski definition) is 3. The first-order valence-electron chi connectivity index (χ1n) is 6.02. The van der Waals surface area contributed by atoms with E-state index in [9.17, 15) is 4.39 Å². The molecule has 0 aliphatic carbocycles. The molecule has 1 saturated heterocycles. The average molecular weight is 239 g/mol. The molecular formula is C13H18FNO2. The molecule has 1 aliphatic rings. The molecule has 1 heterocycles. The summed E-state index contributed by atoms with van der Waals surface area (Å²) in [6.07, 6.45) is 0.324. The highest BCUT2D eigenvalue weighted by atomic mass is 19.1. The van der Waals surface area contributed by atoms with Gasteiger partial charge >= 0.3 is 0 Å². The van der Waals surface area contributed by atoms with Crippen LogP contribution in [0, 0.1) is 5.82 Å². The second kappa shape index (κ2) is 5.47. The van der Waals surface area contributed by atoms with E-state index in [1.54, 1.807) is 12.1 Å². The van der Waals surface area contributed by atoms with Gasteiger partial charge in [0.1, 0.15) is 30.5 Å². The van der Waals surface area contributed by atoms with Crippen LogP contribution in [0.25, 0.3) is 0 Å². The molecule has 94 valence electrons. The Kier molecular flexibility index (Phi) is 3.97. The predicted molar refractivity (Wildman–Crippen MR) is 63.5 cm³/mol. The van der Waals surface area contributed by atoms with E-state index in [-0.39, 0.29) is 18.1 Å². The van der Waals surface area contributed by atoms with Crippen LogP contribution in [-0.4, -0.2) is 36.9 Å². The van der Waals surface area contributed by atoms with E-state index >= 15 is 0 Å². The Morgan fingerprint density at radius 3 is 2.47 bits per heavy atom. The molecule has 1 aliphatic heterocycles. The fourth-order valence-corrected chi connectivity index (χ4v) is 1.87. The minimum atomic E-state index is -0.249. The number of hydrogen-bond donors (Lipinski definition) is 0. The fraction of sp³-hybridized carbons (Fsp3) is 0.538. The normalized spacial score (nSPS) is 22.8. The molecular weight excluding hydrogens is 221 g/mol. The van der Waals surface area contributed by atoms with Crippen LogP contribution in [0.4, 0.5) is 4.39 Å². The van der Waals surface area contributed by atoms with E-state index in [1.165, 1.54) is 12.1 Å². The first kappa shape index (κ1) is 12.3. The van der Waals surface area contributed by atoms with Gasteiger partial charge in [-0.25, -0.2) is 4.39 Å². The first-order valence-corrected chi connectivity index (χ1v) is 6.02. The van der Waals surface area contributed by atoms with Crippen LogP contribution in [0.3, 0.4) is 0 Å². The van der Waals surface area contributed by atoms with Gasteiger partial charge in [0.05, 0.1) is 0 Å². The molecule has 0 saturated carbocycles. The minimum Gasteiger partial charge on any atom is -0.491 e. The van der Waals surface area contributed by atoms with Crippen molar-refractivity contribution in [2.75, 3.05) is 19.7 Å². The van der Waals surface area contributed by atoms with Gasteiger partial charge in [0.2, 0.25) is 0 Å². The molecule has 1 fully saturated rings. The van der Waals surface area contributed by atoms with Crippen molar-refractivity contribution in [3.05, 3.63) is 30.1 Å². The number of ether oxygens (including phenoxy) is 2. The summed E-state index contributed by atoms with van der Waals surface area (Å²) in [5.41, 5.74) is 0. The van der Waals surface area contributed by atoms with Crippen LogP contribution in [-0.2, 0) is 4.74 Å². The highest BCUT2D eigenvalue weighted by Gasteiger charge is 2.42. The van der Waals surface area contributed by atoms with Crippen molar-refractivity contribution in [1.82, 2.24) is 4.90 Å². The van der Waals surface area contributed by atoms with E-state index in [0.29, 0.717) is 12.4 Å². The summed E-state index contributed by atoms with van der Waals surface area (Å²) >= 11 is 0. The number of epoxide rings is 1. The molecule has 3 nitrogen and oxygen atoms in total. The summed E-state index contributed by atoms with van der Waals surface area (Å²) < 4.78 is 23.7. The van der Waals surface area contributed by atoms with Gasteiger partial charge in [0.15, 0.2) is 0 Å². The van der Waals surface area contributed by atoms with Crippen LogP contribution in [0.2, 0.25) is 0 Å². The second-order valence-electron chi connectivity index (χ2n) is 4.05. The molecule has 2 rings (SSSR count). The van der Waals surface area contributed by atoms with Gasteiger partial charge in [-0.3, -0.25) is 4.90 Å². The third-order valence-electron chi connectivity index (χ3n) is 2.96. The lowest BCUT2D eigenvalue weighted by Gasteiger charge is -2.14. The number of likely N-dealkylation sites (N-methyl/N-ethyl adjacent to an activating group) is 1. The van der Waals surface area contributed by atoms with E-state index in [0.717, 1.165) is 13.1 Å². The summed E-state index contributed by atoms with van der Waals surface area (Å²) in [4.78, 5) is 2.25. The van der Waals surface area contributed by atoms with Crippen LogP contribution in [0.5, 0.6) is 5.75 Å². The standard InChI is InChI=1S/C13H18FNO2/c1-3-15(4-2)13-12(17-13)9-16-11-7-5-10(14)6-8-11/h5-8,12-13H,3-4,9H2,1-2H3. The van der Waals surface area contributed by atoms with Gasteiger partial charge in [0.25, 0.3) is 0 Å². The van der Waals surface area contributed by atoms with Crippen molar-refractivity contribution in [3.8, 4) is 5.75 Å². The Bertz CT molecular complexity index is 351. The van der Waals surface area contributed by atoms with Gasteiger partial charge in [-0.15, -0.1) is 0 Å². The molecule has 2 atom stereocenters. The Morgan fingerprint density at radius 1 is 1.24 bits per heavy atom. The lowest BCUT2D eigenvalue weighted by molar-refractivity contribution is 0.189. The highest BCUT2D eigenvalue weighted by molar-refractivity contribution is 5.22. The van der Waals surface area contributed by atoms with Crippen molar-refractivity contribution in [2.45, 2.75) is 26.2 Å². The Labute approximate surface area is 101 Å². The van der Waals surface area contributed by atoms with Gasteiger partial charge in [0, 0.05) is 0 Å². The SMILES string of the molecule is CCN(CC)C1OC1COc1ccc(F)cc1. The van der Waals surface area contributed by atoms with Crippen LogP contribution < -0.4 is 4.74 Å². The van der Waals surface area contributed by atoms with Crippen molar-refractivity contribution >= 4 is 0 Å². The zero-order valence-electron chi connectivity index (χ0n) is 10.2. The van der Waals surface area contributed by atoms with E-state index in [4.69, 9.17) is 9.47 Å². The topological polar surface area (TPSA) is 25.0 Å². The van der Waals surface area contributed by atoms with Gasteiger partial charge < -0.3 is 9.47 Å². The van der Waals surface area contributed by atoms with Gasteiger partial charge in [-0.05, 0) is 37.4 Å². The van der Waals surface area contributed by atoms with Crippen molar-refractivity contribution < 1.29 is 13.9 Å². The first-order chi connectivity index (χ1) is 8.24. The predicted octanol–water partition coefficient (Wildman–Crippen LogP) is 2.27. The average Bonchev–Trinajstić information content (AvgIpc) is 3.10. The lowest BCUT2D eigenvalue weighted by atomic mass is 10.3. The maximum Gasteiger partial charge on any atom is 0.141 e. The maximum atomic E-state index is 12.7. The van der Waals surface area contributed by atoms with E-state index < -0.39 is 0 Å². The second-order valence-corrected chi connectivity index (χ2v) is 4.05. The third-order valence-corrected chi connectivity index (χ3v) is 2.96. The smallest absolute Gasteiger partial charge is 0.141 e. The number of nitrogens with zero attached hydrogens (tertiary/aromatic N) is 1. The third kappa shape index (κ3) is 3.17. The Morgan fingerprint density at radius 2 is 1.88 bits per heavy atom. The fourth-order valence-electron chi connectivity index (χ4n) is 1.87. The zero-order valence-corrected chi connectivity index (χ0v) is 10.2. The van der Waals surface area contributed by atoms with E-state index in [2.05, 4.69) is 18.7 Å². The molecule has 0 aromatic heterocycles. The van der Waals surface area contributed by atoms with Gasteiger partial charge in [-0.1, -0.05) is 13.8 Å². The Balaban J connectivity index is 1.75. The summed E-state index contributed by atoms with van der Waals surface area (Å²) in [5.74, 6) is 0.432. The summed E-state index contributed by atoms with van der Waals surface area (Å²) in [6.45, 7) is 6.71. The molecule has 1 aromatic rings. The van der Waals surface area contributed by atoms with Crippen LogP contribution >= 0.6 is 0 Å². The van der Waals surface area contributed by atoms with Crippen molar-refractivity contribution in [2.24, 2.45) is 0 Å². The molecule has 0 amide bonds. The van der Waals surface area contributed by atoms with E-state index in [1.807, 2.05) is 0 Å². The molecule has 17 heavy (non-hydrogen) atoms. The summed E-state index contributed by atoms with van der Waals surface area (Å²) in [6, 6.07) is 6.05. The monoisotopic (exact) mass is 239 g/mol. The van der Waals surface area contributed by atoms with Crippen LogP contribution in [0.15, 0.2) is 24.3 Å². The molecule has 4 heteroatoms. The van der Waals surface area contributed by atoms with Crippen molar-refractivity contribution in [1.29, 1.82) is 0 Å². The Hall–Kier alpha value is -1.13. The molecule has 2 unspecified atom stereocenters. The number of benzene rings is 1. The highest BCUT2D eigenvalue weighted by Crippen LogP contribution is 2.26. The minimum absolute atomic E-state index is 0.139. The summed E-state index contributed by atoms with van der Waals surface area (Å²) in [5, 5.41) is 0. The summed E-state index contributed by atoms with van der Waals surface area (Å²) in [7, 11) is 0. The molecule has 0 radical (unpaired) electrons. The van der Waals surface area contributed by atoms with Crippen LogP contribution in [0.1, 0.15) is 13.8 Å². The molecule has 0 spiro atoms. The molecule has 0 N–H and O–H groups in total. The number of rotatable bonds is 6. The maximum absolute atomic E-state index is 12.7. The van der Waals surface area contributed by atoms with Gasteiger partial charge in [-0.2, -0.15) is 0 Å².